The van der Waals surface area contributed by atoms with Crippen LogP contribution in [0.15, 0.2) is 71.9 Å². The maximum absolute atomic E-state index is 15.9. The van der Waals surface area contributed by atoms with Gasteiger partial charge in [0.05, 0.1) is 33.8 Å². The van der Waals surface area contributed by atoms with E-state index in [9.17, 15) is 21.6 Å². The van der Waals surface area contributed by atoms with Crippen LogP contribution in [-0.2, 0) is 10.0 Å². The van der Waals surface area contributed by atoms with Crippen LogP contribution in [0.3, 0.4) is 0 Å². The van der Waals surface area contributed by atoms with E-state index in [1.165, 1.54) is 30.5 Å². The summed E-state index contributed by atoms with van der Waals surface area (Å²) in [6.45, 7) is 0. The van der Waals surface area contributed by atoms with Gasteiger partial charge >= 0.3 is 0 Å². The molecule has 0 radical (unpaired) electrons. The third-order valence-corrected chi connectivity index (χ3v) is 7.89. The SMILES string of the molecule is CNc1nccc(-c2sc(-c3ccc(F)cn3)nc2-c2cccc(NS(=O)(=O)c3c(F)cccc3F)c2F)n1. The number of rotatable bonds is 7. The van der Waals surface area contributed by atoms with E-state index >= 15 is 4.39 Å². The highest BCUT2D eigenvalue weighted by Crippen LogP contribution is 2.41. The number of benzene rings is 2. The summed E-state index contributed by atoms with van der Waals surface area (Å²) in [5.41, 5.74) is 0.0678. The van der Waals surface area contributed by atoms with Crippen LogP contribution in [0, 0.1) is 23.3 Å². The fraction of sp³-hybridized carbons (Fsp3) is 0.0400. The molecule has 0 amide bonds. The van der Waals surface area contributed by atoms with Crippen molar-refractivity contribution in [3.63, 3.8) is 0 Å². The molecule has 0 aliphatic carbocycles. The van der Waals surface area contributed by atoms with Gasteiger partial charge in [-0.2, -0.15) is 0 Å². The number of aromatic nitrogens is 4. The largest absolute Gasteiger partial charge is 0.357 e. The van der Waals surface area contributed by atoms with Crippen molar-refractivity contribution in [1.29, 1.82) is 0 Å². The molecule has 2 aromatic carbocycles. The second-order valence-electron chi connectivity index (χ2n) is 7.90. The number of pyridine rings is 1. The van der Waals surface area contributed by atoms with Crippen molar-refractivity contribution in [3.8, 4) is 32.5 Å². The van der Waals surface area contributed by atoms with E-state index in [2.05, 4.69) is 25.3 Å². The van der Waals surface area contributed by atoms with Gasteiger partial charge in [0, 0.05) is 18.8 Å². The van der Waals surface area contributed by atoms with Crippen LogP contribution in [0.5, 0.6) is 0 Å². The van der Waals surface area contributed by atoms with Crippen LogP contribution in [0.25, 0.3) is 32.5 Å². The van der Waals surface area contributed by atoms with Gasteiger partial charge in [0.2, 0.25) is 5.95 Å². The number of nitrogens with one attached hydrogen (secondary N) is 2. The summed E-state index contributed by atoms with van der Waals surface area (Å²) in [7, 11) is -3.22. The Kier molecular flexibility index (Phi) is 6.97. The molecular formula is C25H16F4N6O2S2. The Balaban J connectivity index is 1.65. The van der Waals surface area contributed by atoms with E-state index in [0.29, 0.717) is 21.3 Å². The number of thiazole rings is 1. The minimum absolute atomic E-state index is 0.0810. The minimum Gasteiger partial charge on any atom is -0.357 e. The molecule has 3 aromatic heterocycles. The maximum Gasteiger partial charge on any atom is 0.267 e. The zero-order valence-corrected chi connectivity index (χ0v) is 21.4. The Morgan fingerprint density at radius 1 is 0.846 bits per heavy atom. The molecular weight excluding hydrogens is 556 g/mol. The fourth-order valence-corrected chi connectivity index (χ4v) is 5.85. The van der Waals surface area contributed by atoms with Gasteiger partial charge in [-0.1, -0.05) is 12.1 Å². The third-order valence-electron chi connectivity index (χ3n) is 5.37. The second kappa shape index (κ2) is 10.4. The molecule has 0 spiro atoms. The van der Waals surface area contributed by atoms with Gasteiger partial charge in [0.15, 0.2) is 10.7 Å². The van der Waals surface area contributed by atoms with Crippen LogP contribution in [0.1, 0.15) is 0 Å². The highest BCUT2D eigenvalue weighted by atomic mass is 32.2. The van der Waals surface area contributed by atoms with Crippen LogP contribution in [-0.4, -0.2) is 35.4 Å². The lowest BCUT2D eigenvalue weighted by Crippen LogP contribution is -2.17. The summed E-state index contributed by atoms with van der Waals surface area (Å²) in [5, 5.41) is 3.12. The summed E-state index contributed by atoms with van der Waals surface area (Å²) in [6.07, 6.45) is 2.50. The minimum atomic E-state index is -4.84. The first kappa shape index (κ1) is 26.2. The Bertz CT molecular complexity index is 1780. The Hall–Kier alpha value is -4.43. The van der Waals surface area contributed by atoms with E-state index in [4.69, 9.17) is 0 Å². The van der Waals surface area contributed by atoms with E-state index < -0.39 is 43.9 Å². The number of hydrogen-bond donors (Lipinski definition) is 2. The molecule has 0 aliphatic heterocycles. The molecule has 39 heavy (non-hydrogen) atoms. The van der Waals surface area contributed by atoms with Crippen LogP contribution in [0.2, 0.25) is 0 Å². The predicted octanol–water partition coefficient (Wildman–Crippen LogP) is 5.73. The summed E-state index contributed by atoms with van der Waals surface area (Å²) >= 11 is 1.10. The number of nitrogens with zero attached hydrogens (tertiary/aromatic N) is 4. The topological polar surface area (TPSA) is 110 Å². The van der Waals surface area contributed by atoms with Gasteiger partial charge in [-0.25, -0.2) is 40.9 Å². The van der Waals surface area contributed by atoms with Crippen molar-refractivity contribution < 1.29 is 26.0 Å². The molecule has 5 aromatic rings. The first-order valence-corrected chi connectivity index (χ1v) is 13.4. The number of halogens is 4. The van der Waals surface area contributed by atoms with Crippen molar-refractivity contribution >= 4 is 33.0 Å². The highest BCUT2D eigenvalue weighted by Gasteiger charge is 2.27. The summed E-state index contributed by atoms with van der Waals surface area (Å²) in [4.78, 5) is 16.1. The number of sulfonamides is 1. The van der Waals surface area contributed by atoms with Crippen molar-refractivity contribution in [3.05, 3.63) is 90.3 Å². The molecule has 0 fully saturated rings. The lowest BCUT2D eigenvalue weighted by atomic mass is 10.1. The van der Waals surface area contributed by atoms with E-state index in [0.717, 1.165) is 41.8 Å². The zero-order valence-electron chi connectivity index (χ0n) is 19.8. The highest BCUT2D eigenvalue weighted by molar-refractivity contribution is 7.92. The first-order chi connectivity index (χ1) is 18.7. The molecule has 0 unspecified atom stereocenters. The molecule has 2 N–H and O–H groups in total. The van der Waals surface area contributed by atoms with Crippen LogP contribution < -0.4 is 10.0 Å². The quantitative estimate of drug-likeness (QED) is 0.240. The number of hydrogen-bond acceptors (Lipinski definition) is 8. The summed E-state index contributed by atoms with van der Waals surface area (Å²) < 4.78 is 85.1. The molecule has 0 atom stereocenters. The first-order valence-electron chi connectivity index (χ1n) is 11.1. The molecule has 0 bridgehead atoms. The normalized spacial score (nSPS) is 11.4. The van der Waals surface area contributed by atoms with Crippen molar-refractivity contribution in [2.75, 3.05) is 17.1 Å². The summed E-state index contributed by atoms with van der Waals surface area (Å²) in [5.74, 6) is -3.99. The molecule has 0 saturated carbocycles. The van der Waals surface area contributed by atoms with Gasteiger partial charge < -0.3 is 5.32 Å². The molecule has 5 rings (SSSR count). The van der Waals surface area contributed by atoms with E-state index in [1.54, 1.807) is 13.1 Å². The van der Waals surface area contributed by atoms with E-state index in [-0.39, 0.29) is 17.2 Å². The standard InChI is InChI=1S/C25H16F4N6O2S2/c1-30-25-31-11-10-18(33-25)22-21(34-24(38-22)19-9-8-13(26)12-32-19)14-4-2-7-17(20(14)29)35-39(36,37)23-15(27)5-3-6-16(23)28/h2-12,35H,1H3,(H,30,31,33). The molecule has 8 nitrogen and oxygen atoms in total. The lowest BCUT2D eigenvalue weighted by molar-refractivity contribution is 0.521. The Morgan fingerprint density at radius 3 is 2.28 bits per heavy atom. The van der Waals surface area contributed by atoms with Crippen molar-refractivity contribution in [1.82, 2.24) is 19.9 Å². The van der Waals surface area contributed by atoms with Crippen LogP contribution >= 0.6 is 11.3 Å². The molecule has 3 heterocycles. The fourth-order valence-electron chi connectivity index (χ4n) is 3.62. The molecule has 198 valence electrons. The van der Waals surface area contributed by atoms with Gasteiger partial charge in [-0.3, -0.25) is 9.71 Å². The van der Waals surface area contributed by atoms with Crippen molar-refractivity contribution in [2.45, 2.75) is 4.90 Å². The maximum atomic E-state index is 15.9. The Labute approximate surface area is 223 Å². The third kappa shape index (κ3) is 5.15. The average molecular weight is 573 g/mol. The van der Waals surface area contributed by atoms with Crippen LogP contribution in [0.4, 0.5) is 29.2 Å². The van der Waals surface area contributed by atoms with Gasteiger partial charge in [0.1, 0.15) is 22.5 Å². The van der Waals surface area contributed by atoms with Gasteiger partial charge in [-0.15, -0.1) is 11.3 Å². The molecule has 0 saturated heterocycles. The van der Waals surface area contributed by atoms with Gasteiger partial charge in [0.25, 0.3) is 10.0 Å². The predicted molar refractivity (Wildman–Crippen MR) is 138 cm³/mol. The number of anilines is 2. The van der Waals surface area contributed by atoms with Gasteiger partial charge in [-0.05, 0) is 42.5 Å². The molecule has 0 aliphatic rings. The zero-order chi connectivity index (χ0) is 27.7. The van der Waals surface area contributed by atoms with Crippen molar-refractivity contribution in [2.24, 2.45) is 0 Å². The monoisotopic (exact) mass is 572 g/mol. The molecule has 14 heteroatoms. The smallest absolute Gasteiger partial charge is 0.267 e. The Morgan fingerprint density at radius 2 is 1.59 bits per heavy atom. The lowest BCUT2D eigenvalue weighted by Gasteiger charge is -2.12. The average Bonchev–Trinajstić information content (AvgIpc) is 3.35. The summed E-state index contributed by atoms with van der Waals surface area (Å²) in [6, 6.07) is 10.6. The van der Waals surface area contributed by atoms with E-state index in [1.807, 2.05) is 4.72 Å². The second-order valence-corrected chi connectivity index (χ2v) is 10.5.